The Labute approximate surface area is 147 Å². The highest BCUT2D eigenvalue weighted by Crippen LogP contribution is 2.26. The molecule has 6 heteroatoms. The fraction of sp³-hybridized carbons (Fsp3) is 0.389. The van der Waals surface area contributed by atoms with Crippen LogP contribution in [0.4, 0.5) is 4.79 Å². The van der Waals surface area contributed by atoms with Crippen LogP contribution in [0.1, 0.15) is 18.7 Å². The van der Waals surface area contributed by atoms with Crippen LogP contribution < -0.4 is 0 Å². The van der Waals surface area contributed by atoms with Gasteiger partial charge in [0.1, 0.15) is 6.17 Å². The molecule has 24 heavy (non-hydrogen) atoms. The smallest absolute Gasteiger partial charge is 0.409 e. The summed E-state index contributed by atoms with van der Waals surface area (Å²) in [5, 5.41) is 0.733. The van der Waals surface area contributed by atoms with Gasteiger partial charge in [-0.15, -0.1) is 0 Å². The molecule has 0 spiro atoms. The Morgan fingerprint density at radius 2 is 1.75 bits per heavy atom. The van der Waals surface area contributed by atoms with Gasteiger partial charge in [0, 0.05) is 43.6 Å². The maximum atomic E-state index is 11.9. The minimum atomic E-state index is -0.221. The summed E-state index contributed by atoms with van der Waals surface area (Å²) in [5.74, 6) is 0. The number of amides is 1. The fourth-order valence-corrected chi connectivity index (χ4v) is 3.21. The monoisotopic (exact) mass is 347 g/mol. The van der Waals surface area contributed by atoms with Crippen LogP contribution in [0.15, 0.2) is 48.8 Å². The molecule has 5 nitrogen and oxygen atoms in total. The summed E-state index contributed by atoms with van der Waals surface area (Å²) in [7, 11) is 0. The van der Waals surface area contributed by atoms with Gasteiger partial charge in [0.2, 0.25) is 0 Å². The van der Waals surface area contributed by atoms with E-state index in [0.29, 0.717) is 19.7 Å². The van der Waals surface area contributed by atoms with Gasteiger partial charge < -0.3 is 14.2 Å². The molecule has 0 radical (unpaired) electrons. The largest absolute Gasteiger partial charge is 0.450 e. The molecule has 1 aromatic heterocycles. The molecule has 0 saturated carbocycles. The van der Waals surface area contributed by atoms with Crippen LogP contribution in [0.5, 0.6) is 0 Å². The molecule has 1 aliphatic heterocycles. The second-order valence-corrected chi connectivity index (χ2v) is 6.21. The summed E-state index contributed by atoms with van der Waals surface area (Å²) >= 11 is 6.03. The van der Waals surface area contributed by atoms with E-state index in [1.165, 1.54) is 5.56 Å². The Morgan fingerprint density at radius 1 is 1.12 bits per heavy atom. The van der Waals surface area contributed by atoms with Gasteiger partial charge in [-0.25, -0.2) is 4.79 Å². The first-order valence-corrected chi connectivity index (χ1v) is 8.60. The number of aromatic nitrogens is 1. The molecule has 0 N–H and O–H groups in total. The van der Waals surface area contributed by atoms with Crippen molar-refractivity contribution >= 4 is 17.7 Å². The van der Waals surface area contributed by atoms with E-state index in [2.05, 4.69) is 34.0 Å². The van der Waals surface area contributed by atoms with Gasteiger partial charge >= 0.3 is 6.09 Å². The molecule has 1 saturated heterocycles. The van der Waals surface area contributed by atoms with E-state index >= 15 is 0 Å². The van der Waals surface area contributed by atoms with E-state index < -0.39 is 0 Å². The van der Waals surface area contributed by atoms with Crippen molar-refractivity contribution < 1.29 is 9.53 Å². The van der Waals surface area contributed by atoms with Crippen LogP contribution in [-0.2, 0) is 4.74 Å². The Balaban J connectivity index is 1.76. The predicted molar refractivity (Wildman–Crippen MR) is 94.2 cm³/mol. The number of benzene rings is 1. The van der Waals surface area contributed by atoms with Gasteiger partial charge in [0.25, 0.3) is 0 Å². The third kappa shape index (κ3) is 3.74. The third-order valence-electron chi connectivity index (χ3n) is 4.26. The molecule has 1 aromatic carbocycles. The third-order valence-corrected chi connectivity index (χ3v) is 4.52. The molecule has 1 fully saturated rings. The maximum Gasteiger partial charge on any atom is 0.409 e. The lowest BCUT2D eigenvalue weighted by Gasteiger charge is -2.39. The first-order valence-electron chi connectivity index (χ1n) is 8.22. The summed E-state index contributed by atoms with van der Waals surface area (Å²) in [6, 6.07) is 12.0. The molecular formula is C18H22ClN3O2. The lowest BCUT2D eigenvalue weighted by molar-refractivity contribution is 0.0600. The van der Waals surface area contributed by atoms with Crippen molar-refractivity contribution in [2.75, 3.05) is 32.8 Å². The fourth-order valence-electron chi connectivity index (χ4n) is 3.08. The molecule has 2 heterocycles. The van der Waals surface area contributed by atoms with Gasteiger partial charge in [-0.05, 0) is 36.8 Å². The highest BCUT2D eigenvalue weighted by atomic mass is 35.5. The Hall–Kier alpha value is -1.98. The zero-order valence-corrected chi connectivity index (χ0v) is 14.5. The second-order valence-electron chi connectivity index (χ2n) is 5.78. The molecule has 0 bridgehead atoms. The summed E-state index contributed by atoms with van der Waals surface area (Å²) in [6.45, 7) is 5.18. The highest BCUT2D eigenvalue weighted by Gasteiger charge is 2.28. The summed E-state index contributed by atoms with van der Waals surface area (Å²) < 4.78 is 7.28. The van der Waals surface area contributed by atoms with E-state index in [1.807, 2.05) is 31.2 Å². The predicted octanol–water partition coefficient (Wildman–Crippen LogP) is 3.46. The molecule has 0 aliphatic carbocycles. The van der Waals surface area contributed by atoms with Crippen LogP contribution >= 0.6 is 11.6 Å². The van der Waals surface area contributed by atoms with Crippen molar-refractivity contribution in [3.63, 3.8) is 0 Å². The average molecular weight is 348 g/mol. The van der Waals surface area contributed by atoms with Gasteiger partial charge in [-0.1, -0.05) is 23.7 Å². The number of nitrogens with zero attached hydrogens (tertiary/aromatic N) is 3. The SMILES string of the molecule is CCOC(=O)N1CCN(C(c2ccc(Cl)cc2)n2cccc2)CC1. The summed E-state index contributed by atoms with van der Waals surface area (Å²) in [4.78, 5) is 16.0. The minimum absolute atomic E-state index is 0.0987. The number of hydrogen-bond acceptors (Lipinski definition) is 3. The number of halogens is 1. The number of carbonyl (C=O) groups excluding carboxylic acids is 1. The number of carbonyl (C=O) groups is 1. The van der Waals surface area contributed by atoms with Gasteiger partial charge in [-0.2, -0.15) is 0 Å². The van der Waals surface area contributed by atoms with Crippen LogP contribution in [0.3, 0.4) is 0 Å². The number of rotatable bonds is 4. The zero-order valence-electron chi connectivity index (χ0n) is 13.8. The Bertz CT molecular complexity index is 649. The van der Waals surface area contributed by atoms with Crippen LogP contribution in [0.2, 0.25) is 5.02 Å². The van der Waals surface area contributed by atoms with Gasteiger partial charge in [-0.3, -0.25) is 4.90 Å². The lowest BCUT2D eigenvalue weighted by Crippen LogP contribution is -2.50. The molecule has 1 amide bonds. The van der Waals surface area contributed by atoms with Crippen LogP contribution in [-0.4, -0.2) is 53.2 Å². The van der Waals surface area contributed by atoms with Crippen molar-refractivity contribution in [1.29, 1.82) is 0 Å². The van der Waals surface area contributed by atoms with E-state index in [1.54, 1.807) is 4.90 Å². The van der Waals surface area contributed by atoms with Crippen molar-refractivity contribution in [3.05, 3.63) is 59.4 Å². The normalized spacial score (nSPS) is 16.8. The van der Waals surface area contributed by atoms with E-state index in [9.17, 15) is 4.79 Å². The average Bonchev–Trinajstić information content (AvgIpc) is 3.12. The summed E-state index contributed by atoms with van der Waals surface area (Å²) in [5.41, 5.74) is 1.18. The number of hydrogen-bond donors (Lipinski definition) is 0. The van der Waals surface area contributed by atoms with Gasteiger partial charge in [0.05, 0.1) is 6.61 Å². The molecule has 2 aromatic rings. The minimum Gasteiger partial charge on any atom is -0.450 e. The number of ether oxygens (including phenoxy) is 1. The van der Waals surface area contributed by atoms with Crippen molar-refractivity contribution in [2.45, 2.75) is 13.1 Å². The Morgan fingerprint density at radius 3 is 2.33 bits per heavy atom. The zero-order chi connectivity index (χ0) is 16.9. The molecule has 3 rings (SSSR count). The van der Waals surface area contributed by atoms with E-state index in [4.69, 9.17) is 16.3 Å². The quantitative estimate of drug-likeness (QED) is 0.850. The first kappa shape index (κ1) is 16.9. The molecular weight excluding hydrogens is 326 g/mol. The van der Waals surface area contributed by atoms with Gasteiger partial charge in [0.15, 0.2) is 0 Å². The van der Waals surface area contributed by atoms with Crippen molar-refractivity contribution in [2.24, 2.45) is 0 Å². The Kier molecular flexibility index (Phi) is 5.43. The molecule has 1 aliphatic rings. The van der Waals surface area contributed by atoms with Crippen molar-refractivity contribution in [1.82, 2.24) is 14.4 Å². The highest BCUT2D eigenvalue weighted by molar-refractivity contribution is 6.30. The summed E-state index contributed by atoms with van der Waals surface area (Å²) in [6.07, 6.45) is 4.01. The van der Waals surface area contributed by atoms with Crippen molar-refractivity contribution in [3.8, 4) is 0 Å². The molecule has 128 valence electrons. The second kappa shape index (κ2) is 7.73. The first-order chi connectivity index (χ1) is 11.7. The van der Waals surface area contributed by atoms with E-state index in [0.717, 1.165) is 18.1 Å². The van der Waals surface area contributed by atoms with E-state index in [-0.39, 0.29) is 12.3 Å². The maximum absolute atomic E-state index is 11.9. The standard InChI is InChI=1S/C18H22ClN3O2/c1-2-24-18(23)22-13-11-21(12-14-22)17(20-9-3-4-10-20)15-5-7-16(19)8-6-15/h3-10,17H,2,11-14H2,1H3. The van der Waals surface area contributed by atoms with Crippen LogP contribution in [0.25, 0.3) is 0 Å². The van der Waals surface area contributed by atoms with Crippen LogP contribution in [0, 0.1) is 0 Å². The number of piperazine rings is 1. The topological polar surface area (TPSA) is 37.7 Å². The molecule has 1 unspecified atom stereocenters. The molecule has 1 atom stereocenters. The lowest BCUT2D eigenvalue weighted by atomic mass is 10.1.